The summed E-state index contributed by atoms with van der Waals surface area (Å²) in [7, 11) is -2.03. The summed E-state index contributed by atoms with van der Waals surface area (Å²) in [6.07, 6.45) is 1.68. The van der Waals surface area contributed by atoms with Crippen LogP contribution < -0.4 is 14.8 Å². The Kier molecular flexibility index (Phi) is 7.00. The fraction of sp³-hybridized carbons (Fsp3) is 0.350. The molecule has 0 bridgehead atoms. The van der Waals surface area contributed by atoms with Crippen molar-refractivity contribution in [3.8, 4) is 11.5 Å². The van der Waals surface area contributed by atoms with E-state index in [2.05, 4.69) is 5.32 Å². The summed E-state index contributed by atoms with van der Waals surface area (Å²) in [5.41, 5.74) is 0.122. The maximum Gasteiger partial charge on any atom is 0.252 e. The van der Waals surface area contributed by atoms with E-state index < -0.39 is 15.9 Å². The molecule has 1 fully saturated rings. The molecule has 1 aliphatic rings. The number of nitrogens with zero attached hydrogens (tertiary/aromatic N) is 1. The summed E-state index contributed by atoms with van der Waals surface area (Å²) in [5, 5.41) is 2.89. The van der Waals surface area contributed by atoms with Crippen LogP contribution in [0.5, 0.6) is 11.5 Å². The Hall–Kier alpha value is -2.29. The second-order valence-corrected chi connectivity index (χ2v) is 8.88. The van der Waals surface area contributed by atoms with Gasteiger partial charge in [0.1, 0.15) is 18.1 Å². The van der Waals surface area contributed by atoms with Gasteiger partial charge >= 0.3 is 0 Å². The van der Waals surface area contributed by atoms with Crippen LogP contribution >= 0.6 is 11.6 Å². The third kappa shape index (κ3) is 5.20. The Morgan fingerprint density at radius 3 is 2.41 bits per heavy atom. The lowest BCUT2D eigenvalue weighted by atomic mass is 10.2. The van der Waals surface area contributed by atoms with Gasteiger partial charge in [0.05, 0.1) is 29.1 Å². The number of ether oxygens (including phenoxy) is 2. The average Bonchev–Trinajstić information content (AvgIpc) is 3.27. The minimum absolute atomic E-state index is 0.0726. The van der Waals surface area contributed by atoms with Crippen molar-refractivity contribution >= 4 is 27.5 Å². The highest BCUT2D eigenvalue weighted by Crippen LogP contribution is 2.25. The van der Waals surface area contributed by atoms with E-state index in [0.29, 0.717) is 18.8 Å². The third-order valence-corrected chi connectivity index (χ3v) is 6.83. The first kappa shape index (κ1) is 21.4. The van der Waals surface area contributed by atoms with Crippen molar-refractivity contribution in [3.63, 3.8) is 0 Å². The lowest BCUT2D eigenvalue weighted by Gasteiger charge is -2.16. The van der Waals surface area contributed by atoms with Gasteiger partial charge in [-0.25, -0.2) is 8.42 Å². The van der Waals surface area contributed by atoms with Crippen molar-refractivity contribution in [1.82, 2.24) is 9.62 Å². The Morgan fingerprint density at radius 1 is 1.10 bits per heavy atom. The minimum atomic E-state index is -3.62. The smallest absolute Gasteiger partial charge is 0.252 e. The normalized spacial score (nSPS) is 14.6. The first-order valence-electron chi connectivity index (χ1n) is 9.26. The highest BCUT2D eigenvalue weighted by atomic mass is 35.5. The van der Waals surface area contributed by atoms with Crippen LogP contribution in [0.4, 0.5) is 0 Å². The number of halogens is 1. The molecule has 1 N–H and O–H groups in total. The van der Waals surface area contributed by atoms with Crippen molar-refractivity contribution in [2.75, 3.05) is 33.4 Å². The standard InChI is InChI=1S/C20H23ClN2O5S/c1-27-15-4-6-16(7-5-15)28-13-10-22-20(24)18-14-17(8-9-19(18)21)29(25,26)23-11-2-3-12-23/h4-9,14H,2-3,10-13H2,1H3,(H,22,24). The largest absolute Gasteiger partial charge is 0.497 e. The molecule has 9 heteroatoms. The van der Waals surface area contributed by atoms with Crippen LogP contribution in [0.2, 0.25) is 5.02 Å². The molecule has 0 saturated carbocycles. The summed E-state index contributed by atoms with van der Waals surface area (Å²) in [6, 6.07) is 11.3. The predicted molar refractivity (Wildman–Crippen MR) is 110 cm³/mol. The fourth-order valence-corrected chi connectivity index (χ4v) is 4.76. The van der Waals surface area contributed by atoms with E-state index >= 15 is 0 Å². The molecule has 0 unspecified atom stereocenters. The lowest BCUT2D eigenvalue weighted by Crippen LogP contribution is -2.30. The van der Waals surface area contributed by atoms with Crippen LogP contribution in [0.3, 0.4) is 0 Å². The molecule has 0 atom stereocenters. The van der Waals surface area contributed by atoms with Crippen LogP contribution in [-0.2, 0) is 10.0 Å². The third-order valence-electron chi connectivity index (χ3n) is 4.60. The number of nitrogens with one attached hydrogen (secondary N) is 1. The lowest BCUT2D eigenvalue weighted by molar-refractivity contribution is 0.0947. The molecule has 29 heavy (non-hydrogen) atoms. The van der Waals surface area contributed by atoms with E-state index in [0.717, 1.165) is 18.6 Å². The van der Waals surface area contributed by atoms with Crippen molar-refractivity contribution in [1.29, 1.82) is 0 Å². The van der Waals surface area contributed by atoms with Gasteiger partial charge in [0.15, 0.2) is 0 Å². The molecule has 2 aromatic carbocycles. The minimum Gasteiger partial charge on any atom is -0.497 e. The number of hydrogen-bond donors (Lipinski definition) is 1. The second kappa shape index (κ2) is 9.47. The molecule has 3 rings (SSSR count). The monoisotopic (exact) mass is 438 g/mol. The number of rotatable bonds is 8. The molecular formula is C20H23ClN2O5S. The summed E-state index contributed by atoms with van der Waals surface area (Å²) in [5.74, 6) is 0.924. The number of carbonyl (C=O) groups excluding carboxylic acids is 1. The molecule has 1 aliphatic heterocycles. The fourth-order valence-electron chi connectivity index (χ4n) is 3.02. The van der Waals surface area contributed by atoms with Crippen LogP contribution in [0.15, 0.2) is 47.4 Å². The zero-order valence-corrected chi connectivity index (χ0v) is 17.6. The first-order valence-corrected chi connectivity index (χ1v) is 11.1. The van der Waals surface area contributed by atoms with Gasteiger partial charge in [0.25, 0.3) is 5.91 Å². The number of methoxy groups -OCH3 is 1. The molecule has 0 aliphatic carbocycles. The number of hydrogen-bond acceptors (Lipinski definition) is 5. The molecule has 0 spiro atoms. The summed E-state index contributed by atoms with van der Waals surface area (Å²) >= 11 is 6.13. The maximum absolute atomic E-state index is 12.7. The quantitative estimate of drug-likeness (QED) is 0.640. The van der Waals surface area contributed by atoms with E-state index in [9.17, 15) is 13.2 Å². The molecular weight excluding hydrogens is 416 g/mol. The average molecular weight is 439 g/mol. The Bertz CT molecular complexity index is 957. The molecule has 2 aromatic rings. The molecule has 0 aromatic heterocycles. The van der Waals surface area contributed by atoms with Gasteiger partial charge in [-0.1, -0.05) is 11.6 Å². The van der Waals surface area contributed by atoms with Gasteiger partial charge in [0.2, 0.25) is 10.0 Å². The number of benzene rings is 2. The molecule has 1 saturated heterocycles. The second-order valence-electron chi connectivity index (χ2n) is 6.53. The van der Waals surface area contributed by atoms with Gasteiger partial charge < -0.3 is 14.8 Å². The van der Waals surface area contributed by atoms with E-state index in [1.807, 2.05) is 0 Å². The molecule has 7 nitrogen and oxygen atoms in total. The first-order chi connectivity index (χ1) is 13.9. The highest BCUT2D eigenvalue weighted by molar-refractivity contribution is 7.89. The molecule has 0 radical (unpaired) electrons. The summed E-state index contributed by atoms with van der Waals surface area (Å²) < 4.78 is 37.5. The SMILES string of the molecule is COc1ccc(OCCNC(=O)c2cc(S(=O)(=O)N3CCCC3)ccc2Cl)cc1. The molecule has 1 amide bonds. The zero-order chi connectivity index (χ0) is 20.9. The van der Waals surface area contributed by atoms with Gasteiger partial charge in [-0.3, -0.25) is 4.79 Å². The summed E-state index contributed by atoms with van der Waals surface area (Å²) in [4.78, 5) is 12.6. The highest BCUT2D eigenvalue weighted by Gasteiger charge is 2.28. The molecule has 1 heterocycles. The van der Waals surface area contributed by atoms with Crippen LogP contribution in [0, 0.1) is 0 Å². The predicted octanol–water partition coefficient (Wildman–Crippen LogP) is 2.94. The maximum atomic E-state index is 12.7. The Labute approximate surface area is 175 Å². The number of amides is 1. The van der Waals surface area contributed by atoms with Crippen molar-refractivity contribution in [2.24, 2.45) is 0 Å². The van der Waals surface area contributed by atoms with Gasteiger partial charge in [-0.15, -0.1) is 0 Å². The van der Waals surface area contributed by atoms with Gasteiger partial charge in [-0.05, 0) is 55.3 Å². The van der Waals surface area contributed by atoms with E-state index in [1.54, 1.807) is 31.4 Å². The van der Waals surface area contributed by atoms with E-state index in [-0.39, 0.29) is 28.6 Å². The van der Waals surface area contributed by atoms with E-state index in [1.165, 1.54) is 22.5 Å². The van der Waals surface area contributed by atoms with Crippen LogP contribution in [-0.4, -0.2) is 52.0 Å². The Morgan fingerprint density at radius 2 is 1.76 bits per heavy atom. The van der Waals surface area contributed by atoms with Crippen molar-refractivity contribution in [3.05, 3.63) is 53.1 Å². The number of sulfonamides is 1. The van der Waals surface area contributed by atoms with Crippen molar-refractivity contribution in [2.45, 2.75) is 17.7 Å². The molecule has 156 valence electrons. The zero-order valence-electron chi connectivity index (χ0n) is 16.1. The topological polar surface area (TPSA) is 84.9 Å². The van der Waals surface area contributed by atoms with Crippen LogP contribution in [0.25, 0.3) is 0 Å². The Balaban J connectivity index is 1.59. The van der Waals surface area contributed by atoms with Crippen molar-refractivity contribution < 1.29 is 22.7 Å². The van der Waals surface area contributed by atoms with Gasteiger partial charge in [-0.2, -0.15) is 4.31 Å². The number of carbonyl (C=O) groups is 1. The summed E-state index contributed by atoms with van der Waals surface area (Å²) in [6.45, 7) is 1.48. The van der Waals surface area contributed by atoms with Gasteiger partial charge in [0, 0.05) is 13.1 Å². The van der Waals surface area contributed by atoms with Crippen LogP contribution in [0.1, 0.15) is 23.2 Å². The van der Waals surface area contributed by atoms with E-state index in [4.69, 9.17) is 21.1 Å².